The van der Waals surface area contributed by atoms with E-state index in [0.29, 0.717) is 0 Å². The number of nitro benzene ring substituents is 1. The van der Waals surface area contributed by atoms with Crippen molar-refractivity contribution in [2.75, 3.05) is 18.5 Å². The van der Waals surface area contributed by atoms with Gasteiger partial charge in [-0.25, -0.2) is 13.6 Å². The Hall–Kier alpha value is -2.18. The number of nitrogens with two attached hydrogens (primary N) is 1. The zero-order valence-electron chi connectivity index (χ0n) is 11.0. The molecule has 0 spiro atoms. The van der Waals surface area contributed by atoms with E-state index in [1.165, 1.54) is 17.0 Å². The topological polar surface area (TPSA) is 130 Å². The molecule has 9 heteroatoms. The molecule has 1 atom stereocenters. The molecule has 1 aromatic carbocycles. The number of sulfonamides is 1. The van der Waals surface area contributed by atoms with Crippen molar-refractivity contribution in [1.82, 2.24) is 0 Å². The van der Waals surface area contributed by atoms with Gasteiger partial charge in [-0.05, 0) is 19.1 Å². The molecule has 0 amide bonds. The Bertz CT molecular complexity index is 665. The van der Waals surface area contributed by atoms with E-state index in [4.69, 9.17) is 10.4 Å². The summed E-state index contributed by atoms with van der Waals surface area (Å²) >= 11 is 0. The second kappa shape index (κ2) is 5.85. The largest absolute Gasteiger partial charge is 0.368 e. The summed E-state index contributed by atoms with van der Waals surface area (Å²) in [5.41, 5.74) is -0.145. The van der Waals surface area contributed by atoms with Crippen molar-refractivity contribution < 1.29 is 13.3 Å². The van der Waals surface area contributed by atoms with Crippen LogP contribution in [0.2, 0.25) is 0 Å². The molecule has 2 N–H and O–H groups in total. The smallest absolute Gasteiger partial charge is 0.293 e. The van der Waals surface area contributed by atoms with Crippen LogP contribution in [0.3, 0.4) is 0 Å². The molecular weight excluding hydrogens is 284 g/mol. The van der Waals surface area contributed by atoms with Crippen molar-refractivity contribution in [3.8, 4) is 6.07 Å². The summed E-state index contributed by atoms with van der Waals surface area (Å²) in [6.45, 7) is 1.97. The standard InChI is InChI=1S/C11H14N4O4S/c1-8(6-12)7-14(2)10-4-3-9(20(13,18)19)5-11(10)15(16)17/h3-5,8H,7H2,1-2H3,(H2,13,18,19). The van der Waals surface area contributed by atoms with Crippen molar-refractivity contribution in [1.29, 1.82) is 5.26 Å². The van der Waals surface area contributed by atoms with E-state index < -0.39 is 14.9 Å². The monoisotopic (exact) mass is 298 g/mol. The lowest BCUT2D eigenvalue weighted by Gasteiger charge is -2.20. The number of anilines is 1. The Labute approximate surface area is 116 Å². The second-order valence-electron chi connectivity index (χ2n) is 4.36. The van der Waals surface area contributed by atoms with Gasteiger partial charge in [0.1, 0.15) is 5.69 Å². The van der Waals surface area contributed by atoms with Gasteiger partial charge in [0.05, 0.1) is 21.8 Å². The summed E-state index contributed by atoms with van der Waals surface area (Å²) in [6, 6.07) is 5.44. The van der Waals surface area contributed by atoms with Crippen LogP contribution < -0.4 is 10.0 Å². The Morgan fingerprint density at radius 1 is 1.55 bits per heavy atom. The van der Waals surface area contributed by atoms with Gasteiger partial charge in [-0.1, -0.05) is 0 Å². The Balaban J connectivity index is 3.28. The van der Waals surface area contributed by atoms with Crippen molar-refractivity contribution in [3.63, 3.8) is 0 Å². The van der Waals surface area contributed by atoms with E-state index >= 15 is 0 Å². The van der Waals surface area contributed by atoms with E-state index in [1.807, 2.05) is 6.07 Å². The maximum Gasteiger partial charge on any atom is 0.293 e. The summed E-state index contributed by atoms with van der Waals surface area (Å²) in [4.78, 5) is 11.6. The van der Waals surface area contributed by atoms with E-state index in [9.17, 15) is 18.5 Å². The quantitative estimate of drug-likeness (QED) is 0.633. The number of primary sulfonamides is 1. The van der Waals surface area contributed by atoms with Crippen molar-refractivity contribution in [2.45, 2.75) is 11.8 Å². The molecule has 8 nitrogen and oxygen atoms in total. The van der Waals surface area contributed by atoms with Crippen LogP contribution >= 0.6 is 0 Å². The highest BCUT2D eigenvalue weighted by molar-refractivity contribution is 7.89. The maximum absolute atomic E-state index is 11.2. The molecule has 0 heterocycles. The molecular formula is C11H14N4O4S. The zero-order valence-corrected chi connectivity index (χ0v) is 11.8. The van der Waals surface area contributed by atoms with Gasteiger partial charge < -0.3 is 4.90 Å². The lowest BCUT2D eigenvalue weighted by atomic mass is 10.2. The van der Waals surface area contributed by atoms with Gasteiger partial charge in [0, 0.05) is 19.7 Å². The molecule has 108 valence electrons. The van der Waals surface area contributed by atoms with E-state index in [0.717, 1.165) is 6.07 Å². The molecule has 0 aromatic heterocycles. The van der Waals surface area contributed by atoms with Crippen LogP contribution in [-0.2, 0) is 10.0 Å². The molecule has 0 aliphatic heterocycles. The summed E-state index contributed by atoms with van der Waals surface area (Å²) in [7, 11) is -2.41. The first kappa shape index (κ1) is 15.9. The molecule has 20 heavy (non-hydrogen) atoms. The van der Waals surface area contributed by atoms with E-state index in [1.54, 1.807) is 14.0 Å². The van der Waals surface area contributed by atoms with E-state index in [2.05, 4.69) is 0 Å². The third-order valence-electron chi connectivity index (χ3n) is 2.65. The molecule has 0 saturated carbocycles. The fraction of sp³-hybridized carbons (Fsp3) is 0.364. The minimum absolute atomic E-state index is 0.226. The average molecular weight is 298 g/mol. The van der Waals surface area contributed by atoms with Gasteiger partial charge in [-0.2, -0.15) is 5.26 Å². The Morgan fingerprint density at radius 3 is 2.60 bits per heavy atom. The summed E-state index contributed by atoms with van der Waals surface area (Å²) in [6.07, 6.45) is 0. The Morgan fingerprint density at radius 2 is 2.15 bits per heavy atom. The van der Waals surface area contributed by atoms with Crippen molar-refractivity contribution >= 4 is 21.4 Å². The van der Waals surface area contributed by atoms with Crippen LogP contribution in [0.25, 0.3) is 0 Å². The minimum Gasteiger partial charge on any atom is -0.368 e. The molecule has 1 rings (SSSR count). The normalized spacial score (nSPS) is 12.5. The van der Waals surface area contributed by atoms with Gasteiger partial charge in [0.25, 0.3) is 5.69 Å². The fourth-order valence-electron chi connectivity index (χ4n) is 1.70. The van der Waals surface area contributed by atoms with Gasteiger partial charge in [0.2, 0.25) is 10.0 Å². The van der Waals surface area contributed by atoms with Crippen molar-refractivity contribution in [2.24, 2.45) is 11.1 Å². The highest BCUT2D eigenvalue weighted by Gasteiger charge is 2.22. The third kappa shape index (κ3) is 3.66. The molecule has 0 aliphatic carbocycles. The van der Waals surface area contributed by atoms with Crippen LogP contribution in [0.15, 0.2) is 23.1 Å². The number of hydrogen-bond donors (Lipinski definition) is 1. The average Bonchev–Trinajstić information content (AvgIpc) is 2.36. The Kier molecular flexibility index (Phi) is 4.65. The fourth-order valence-corrected chi connectivity index (χ4v) is 2.23. The highest BCUT2D eigenvalue weighted by atomic mass is 32.2. The predicted octanol–water partition coefficient (Wildman–Crippen LogP) is 0.838. The SMILES string of the molecule is CC(C#N)CN(C)c1ccc(S(N)(=O)=O)cc1[N+](=O)[O-]. The molecule has 0 fully saturated rings. The van der Waals surface area contributed by atoms with Crippen LogP contribution in [0.4, 0.5) is 11.4 Å². The maximum atomic E-state index is 11.2. The number of hydrogen-bond acceptors (Lipinski definition) is 6. The van der Waals surface area contributed by atoms with Gasteiger partial charge >= 0.3 is 0 Å². The summed E-state index contributed by atoms with van der Waals surface area (Å²) in [5.74, 6) is -0.322. The minimum atomic E-state index is -4.00. The number of benzene rings is 1. The molecule has 0 bridgehead atoms. The predicted molar refractivity (Wildman–Crippen MR) is 72.5 cm³/mol. The number of nitriles is 1. The first-order valence-electron chi connectivity index (χ1n) is 5.58. The molecule has 1 unspecified atom stereocenters. The van der Waals surface area contributed by atoms with Crippen LogP contribution in [0.1, 0.15) is 6.92 Å². The first-order chi connectivity index (χ1) is 9.16. The number of nitro groups is 1. The van der Waals surface area contributed by atoms with Gasteiger partial charge in [-0.3, -0.25) is 10.1 Å². The summed E-state index contributed by atoms with van der Waals surface area (Å²) in [5, 5.41) is 24.7. The highest BCUT2D eigenvalue weighted by Crippen LogP contribution is 2.30. The third-order valence-corrected chi connectivity index (χ3v) is 3.56. The van der Waals surface area contributed by atoms with Crippen LogP contribution in [0.5, 0.6) is 0 Å². The van der Waals surface area contributed by atoms with E-state index in [-0.39, 0.29) is 28.7 Å². The van der Waals surface area contributed by atoms with Crippen molar-refractivity contribution in [3.05, 3.63) is 28.3 Å². The molecule has 0 saturated heterocycles. The molecule has 1 aromatic rings. The van der Waals surface area contributed by atoms with Crippen LogP contribution in [0, 0.1) is 27.4 Å². The lowest BCUT2D eigenvalue weighted by molar-refractivity contribution is -0.384. The summed E-state index contributed by atoms with van der Waals surface area (Å²) < 4.78 is 22.4. The van der Waals surface area contributed by atoms with Gasteiger partial charge in [0.15, 0.2) is 0 Å². The number of rotatable bonds is 5. The lowest BCUT2D eigenvalue weighted by Crippen LogP contribution is -2.24. The second-order valence-corrected chi connectivity index (χ2v) is 5.92. The zero-order chi connectivity index (χ0) is 15.5. The van der Waals surface area contributed by atoms with Crippen LogP contribution in [-0.4, -0.2) is 26.9 Å². The molecule has 0 aliphatic rings. The first-order valence-corrected chi connectivity index (χ1v) is 7.13. The number of nitrogens with zero attached hydrogens (tertiary/aromatic N) is 3. The molecule has 0 radical (unpaired) electrons. The van der Waals surface area contributed by atoms with Gasteiger partial charge in [-0.15, -0.1) is 0 Å².